The summed E-state index contributed by atoms with van der Waals surface area (Å²) in [5.41, 5.74) is 1.57. The molecular formula is C10H18O. The Morgan fingerprint density at radius 3 is 2.82 bits per heavy atom. The maximum atomic E-state index is 9.31. The minimum Gasteiger partial charge on any atom is -0.393 e. The molecule has 0 aromatic carbocycles. The summed E-state index contributed by atoms with van der Waals surface area (Å²) in [6.45, 7) is 4.10. The maximum absolute atomic E-state index is 9.31. The summed E-state index contributed by atoms with van der Waals surface area (Å²) in [5.74, 6) is 0.519. The smallest absolute Gasteiger partial charge is 0.0543 e. The highest BCUT2D eigenvalue weighted by Crippen LogP contribution is 2.27. The van der Waals surface area contributed by atoms with E-state index in [1.54, 1.807) is 5.57 Å². The topological polar surface area (TPSA) is 20.2 Å². The number of rotatable bonds is 2. The van der Waals surface area contributed by atoms with Crippen molar-refractivity contribution in [2.75, 3.05) is 0 Å². The van der Waals surface area contributed by atoms with Crippen LogP contribution in [0.5, 0.6) is 0 Å². The summed E-state index contributed by atoms with van der Waals surface area (Å²) in [5, 5.41) is 9.31. The lowest BCUT2D eigenvalue weighted by molar-refractivity contribution is 0.118. The molecule has 2 unspecified atom stereocenters. The van der Waals surface area contributed by atoms with Crippen LogP contribution in [0.2, 0.25) is 0 Å². The van der Waals surface area contributed by atoms with Crippen LogP contribution in [0.3, 0.4) is 0 Å². The lowest BCUT2D eigenvalue weighted by atomic mass is 9.86. The van der Waals surface area contributed by atoms with Crippen LogP contribution in [0.15, 0.2) is 11.6 Å². The molecule has 0 fully saturated rings. The third kappa shape index (κ3) is 2.33. The van der Waals surface area contributed by atoms with Gasteiger partial charge in [-0.3, -0.25) is 0 Å². The van der Waals surface area contributed by atoms with Crippen molar-refractivity contribution in [1.29, 1.82) is 0 Å². The van der Waals surface area contributed by atoms with Crippen molar-refractivity contribution >= 4 is 0 Å². The van der Waals surface area contributed by atoms with Crippen LogP contribution < -0.4 is 0 Å². The van der Waals surface area contributed by atoms with Crippen LogP contribution in [0, 0.1) is 5.92 Å². The molecule has 0 heterocycles. The molecule has 64 valence electrons. The van der Waals surface area contributed by atoms with Crippen molar-refractivity contribution in [3.05, 3.63) is 11.6 Å². The highest BCUT2D eigenvalue weighted by Gasteiger charge is 2.17. The van der Waals surface area contributed by atoms with E-state index in [0.717, 1.165) is 6.42 Å². The fourth-order valence-electron chi connectivity index (χ4n) is 1.67. The normalized spacial score (nSPS) is 27.9. The Balaban J connectivity index is 2.41. The van der Waals surface area contributed by atoms with Gasteiger partial charge in [-0.25, -0.2) is 0 Å². The molecule has 1 heteroatoms. The Labute approximate surface area is 69.1 Å². The lowest BCUT2D eigenvalue weighted by Gasteiger charge is -2.23. The Bertz CT molecular complexity index is 147. The van der Waals surface area contributed by atoms with Crippen molar-refractivity contribution < 1.29 is 5.11 Å². The molecule has 1 nitrogen and oxygen atoms in total. The summed E-state index contributed by atoms with van der Waals surface area (Å²) in [4.78, 5) is 0. The van der Waals surface area contributed by atoms with Crippen molar-refractivity contribution in [2.45, 2.75) is 45.6 Å². The summed E-state index contributed by atoms with van der Waals surface area (Å²) in [7, 11) is 0. The molecule has 1 rings (SSSR count). The third-order valence-electron chi connectivity index (χ3n) is 2.68. The number of hydrogen-bond donors (Lipinski definition) is 1. The van der Waals surface area contributed by atoms with Gasteiger partial charge in [0.15, 0.2) is 0 Å². The van der Waals surface area contributed by atoms with Gasteiger partial charge in [0.2, 0.25) is 0 Å². The van der Waals surface area contributed by atoms with E-state index in [0.29, 0.717) is 5.92 Å². The molecule has 0 saturated carbocycles. The van der Waals surface area contributed by atoms with Crippen LogP contribution in [-0.4, -0.2) is 11.2 Å². The zero-order valence-electron chi connectivity index (χ0n) is 7.51. The van der Waals surface area contributed by atoms with Gasteiger partial charge >= 0.3 is 0 Å². The van der Waals surface area contributed by atoms with Crippen LogP contribution in [0.25, 0.3) is 0 Å². The summed E-state index contributed by atoms with van der Waals surface area (Å²) in [6.07, 6.45) is 6.84. The fraction of sp³-hybridized carbons (Fsp3) is 0.800. The predicted molar refractivity (Wildman–Crippen MR) is 47.4 cm³/mol. The van der Waals surface area contributed by atoms with Crippen LogP contribution >= 0.6 is 0 Å². The van der Waals surface area contributed by atoms with Crippen molar-refractivity contribution in [1.82, 2.24) is 0 Å². The highest BCUT2D eigenvalue weighted by atomic mass is 16.3. The first kappa shape index (κ1) is 8.79. The monoisotopic (exact) mass is 154 g/mol. The minimum atomic E-state index is -0.121. The summed E-state index contributed by atoms with van der Waals surface area (Å²) < 4.78 is 0. The molecule has 0 aromatic heterocycles. The molecule has 0 radical (unpaired) electrons. The van der Waals surface area contributed by atoms with Gasteiger partial charge in [0, 0.05) is 0 Å². The van der Waals surface area contributed by atoms with E-state index < -0.39 is 0 Å². The van der Waals surface area contributed by atoms with E-state index in [1.807, 2.05) is 6.92 Å². The second-order valence-corrected chi connectivity index (χ2v) is 3.49. The molecule has 1 aliphatic carbocycles. The van der Waals surface area contributed by atoms with E-state index >= 15 is 0 Å². The lowest BCUT2D eigenvalue weighted by Crippen LogP contribution is -2.18. The predicted octanol–water partition coefficient (Wildman–Crippen LogP) is 2.50. The molecular weight excluding hydrogens is 136 g/mol. The molecule has 0 bridgehead atoms. The minimum absolute atomic E-state index is 0.121. The second kappa shape index (κ2) is 3.91. The van der Waals surface area contributed by atoms with Crippen molar-refractivity contribution in [2.24, 2.45) is 5.92 Å². The van der Waals surface area contributed by atoms with Gasteiger partial charge in [0.05, 0.1) is 6.10 Å². The molecule has 0 spiro atoms. The van der Waals surface area contributed by atoms with Crippen molar-refractivity contribution in [3.63, 3.8) is 0 Å². The Morgan fingerprint density at radius 1 is 1.73 bits per heavy atom. The Morgan fingerprint density at radius 2 is 2.45 bits per heavy atom. The number of aliphatic hydroxyl groups is 1. The van der Waals surface area contributed by atoms with Crippen LogP contribution in [0.1, 0.15) is 39.5 Å². The SMILES string of the molecule is CCC1=CCC(C(C)O)CC1. The van der Waals surface area contributed by atoms with E-state index in [2.05, 4.69) is 13.0 Å². The number of aliphatic hydroxyl groups excluding tert-OH is 1. The zero-order valence-corrected chi connectivity index (χ0v) is 7.51. The Kier molecular flexibility index (Phi) is 3.13. The second-order valence-electron chi connectivity index (χ2n) is 3.49. The Hall–Kier alpha value is -0.300. The van der Waals surface area contributed by atoms with Gasteiger partial charge in [0.25, 0.3) is 0 Å². The molecule has 1 N–H and O–H groups in total. The summed E-state index contributed by atoms with van der Waals surface area (Å²) >= 11 is 0. The third-order valence-corrected chi connectivity index (χ3v) is 2.68. The van der Waals surface area contributed by atoms with E-state index in [-0.39, 0.29) is 6.10 Å². The molecule has 1 aliphatic rings. The molecule has 0 aliphatic heterocycles. The molecule has 0 aromatic rings. The van der Waals surface area contributed by atoms with Gasteiger partial charge in [-0.2, -0.15) is 0 Å². The fourth-order valence-corrected chi connectivity index (χ4v) is 1.67. The van der Waals surface area contributed by atoms with Crippen LogP contribution in [0.4, 0.5) is 0 Å². The van der Waals surface area contributed by atoms with E-state index in [9.17, 15) is 5.11 Å². The number of hydrogen-bond acceptors (Lipinski definition) is 1. The van der Waals surface area contributed by atoms with Gasteiger partial charge in [-0.1, -0.05) is 18.6 Å². The van der Waals surface area contributed by atoms with E-state index in [4.69, 9.17) is 0 Å². The van der Waals surface area contributed by atoms with Gasteiger partial charge in [-0.05, 0) is 38.5 Å². The summed E-state index contributed by atoms with van der Waals surface area (Å²) in [6, 6.07) is 0. The highest BCUT2D eigenvalue weighted by molar-refractivity contribution is 5.06. The molecule has 11 heavy (non-hydrogen) atoms. The zero-order chi connectivity index (χ0) is 8.27. The first-order valence-corrected chi connectivity index (χ1v) is 4.60. The first-order valence-electron chi connectivity index (χ1n) is 4.60. The molecule has 0 amide bonds. The van der Waals surface area contributed by atoms with Gasteiger partial charge in [0.1, 0.15) is 0 Å². The molecule has 2 atom stereocenters. The molecule has 0 saturated heterocycles. The average Bonchev–Trinajstić information content (AvgIpc) is 2.05. The van der Waals surface area contributed by atoms with Gasteiger partial charge in [-0.15, -0.1) is 0 Å². The number of allylic oxidation sites excluding steroid dienone is 2. The quantitative estimate of drug-likeness (QED) is 0.606. The maximum Gasteiger partial charge on any atom is 0.0543 e. The first-order chi connectivity index (χ1) is 5.24. The standard InChI is InChI=1S/C10H18O/c1-3-9-4-6-10(7-5-9)8(2)11/h4,8,10-11H,3,5-7H2,1-2H3. The van der Waals surface area contributed by atoms with Gasteiger partial charge < -0.3 is 5.11 Å². The van der Waals surface area contributed by atoms with E-state index in [1.165, 1.54) is 19.3 Å². The average molecular weight is 154 g/mol. The largest absolute Gasteiger partial charge is 0.393 e. The van der Waals surface area contributed by atoms with Crippen LogP contribution in [-0.2, 0) is 0 Å². The van der Waals surface area contributed by atoms with Crippen molar-refractivity contribution in [3.8, 4) is 0 Å².